The van der Waals surface area contributed by atoms with Crippen LogP contribution >= 0.6 is 23.4 Å². The maximum absolute atomic E-state index is 12.9. The van der Waals surface area contributed by atoms with Crippen molar-refractivity contribution in [2.75, 3.05) is 23.3 Å². The molecule has 1 fully saturated rings. The molecule has 3 aromatic rings. The molecule has 1 aromatic heterocycles. The van der Waals surface area contributed by atoms with E-state index in [1.165, 1.54) is 18.7 Å². The Morgan fingerprint density at radius 2 is 1.84 bits per heavy atom. The number of carbonyl (C=O) groups is 2. The van der Waals surface area contributed by atoms with Gasteiger partial charge in [-0.3, -0.25) is 14.2 Å². The molecule has 1 N–H and O–H groups in total. The van der Waals surface area contributed by atoms with E-state index in [-0.39, 0.29) is 11.7 Å². The Morgan fingerprint density at radius 3 is 2.56 bits per heavy atom. The van der Waals surface area contributed by atoms with Gasteiger partial charge in [-0.05, 0) is 57.0 Å². The molecule has 2 aromatic carbocycles. The first kappa shape index (κ1) is 22.4. The summed E-state index contributed by atoms with van der Waals surface area (Å²) in [6.07, 6.45) is 2.22. The summed E-state index contributed by atoms with van der Waals surface area (Å²) in [5.74, 6) is 0.436. The second-order valence-corrected chi connectivity index (χ2v) is 9.39. The molecule has 32 heavy (non-hydrogen) atoms. The molecule has 166 valence electrons. The summed E-state index contributed by atoms with van der Waals surface area (Å²) in [5, 5.41) is 12.5. The first-order valence-electron chi connectivity index (χ1n) is 10.5. The van der Waals surface area contributed by atoms with Crippen LogP contribution in [0.5, 0.6) is 0 Å². The number of hydrogen-bond acceptors (Lipinski definition) is 6. The van der Waals surface area contributed by atoms with Crippen LogP contribution in [-0.2, 0) is 4.79 Å². The van der Waals surface area contributed by atoms with Crippen molar-refractivity contribution >= 4 is 46.7 Å². The Morgan fingerprint density at radius 1 is 1.09 bits per heavy atom. The van der Waals surface area contributed by atoms with E-state index < -0.39 is 5.25 Å². The number of thioether (sulfide) groups is 1. The average molecular weight is 470 g/mol. The van der Waals surface area contributed by atoms with Gasteiger partial charge in [0.05, 0.1) is 16.6 Å². The van der Waals surface area contributed by atoms with Crippen LogP contribution in [0.15, 0.2) is 53.7 Å². The van der Waals surface area contributed by atoms with E-state index >= 15 is 0 Å². The van der Waals surface area contributed by atoms with Crippen LogP contribution in [0.1, 0.15) is 37.0 Å². The number of anilines is 2. The SMILES string of the molecule is CC(=O)c1ccccc1NC(=O)C(C)Sc1nnc(N2CCCC2)n1-c1cccc(Cl)c1. The van der Waals surface area contributed by atoms with Crippen molar-refractivity contribution < 1.29 is 9.59 Å². The Hall–Kier alpha value is -2.84. The van der Waals surface area contributed by atoms with E-state index in [1.54, 1.807) is 24.3 Å². The Kier molecular flexibility index (Phi) is 6.81. The van der Waals surface area contributed by atoms with Crippen molar-refractivity contribution in [1.82, 2.24) is 14.8 Å². The zero-order valence-electron chi connectivity index (χ0n) is 17.9. The van der Waals surface area contributed by atoms with Crippen LogP contribution in [0.2, 0.25) is 5.02 Å². The van der Waals surface area contributed by atoms with Gasteiger partial charge in [-0.15, -0.1) is 10.2 Å². The smallest absolute Gasteiger partial charge is 0.237 e. The molecule has 1 atom stereocenters. The van der Waals surface area contributed by atoms with Gasteiger partial charge in [-0.2, -0.15) is 0 Å². The molecule has 1 aliphatic rings. The average Bonchev–Trinajstić information content (AvgIpc) is 3.43. The van der Waals surface area contributed by atoms with E-state index in [1.807, 2.05) is 35.8 Å². The van der Waals surface area contributed by atoms with Gasteiger partial charge >= 0.3 is 0 Å². The Bertz CT molecular complexity index is 1140. The topological polar surface area (TPSA) is 80.1 Å². The maximum Gasteiger partial charge on any atom is 0.237 e. The molecule has 0 saturated carbocycles. The molecule has 2 heterocycles. The summed E-state index contributed by atoms with van der Waals surface area (Å²) in [6.45, 7) is 5.13. The van der Waals surface area contributed by atoms with Gasteiger partial charge < -0.3 is 10.2 Å². The van der Waals surface area contributed by atoms with Crippen LogP contribution in [0.3, 0.4) is 0 Å². The van der Waals surface area contributed by atoms with E-state index in [2.05, 4.69) is 20.4 Å². The number of carbonyl (C=O) groups excluding carboxylic acids is 2. The Labute approximate surface area is 196 Å². The van der Waals surface area contributed by atoms with E-state index in [0.29, 0.717) is 21.4 Å². The number of benzene rings is 2. The first-order chi connectivity index (χ1) is 15.4. The summed E-state index contributed by atoms with van der Waals surface area (Å²) in [7, 11) is 0. The molecular weight excluding hydrogens is 446 g/mol. The predicted molar refractivity (Wildman–Crippen MR) is 128 cm³/mol. The summed E-state index contributed by atoms with van der Waals surface area (Å²) >= 11 is 7.56. The number of para-hydroxylation sites is 1. The summed E-state index contributed by atoms with van der Waals surface area (Å²) in [6, 6.07) is 14.5. The number of hydrogen-bond donors (Lipinski definition) is 1. The van der Waals surface area contributed by atoms with Crippen molar-refractivity contribution in [1.29, 1.82) is 0 Å². The molecule has 1 unspecified atom stereocenters. The molecular formula is C23H24ClN5O2S. The quantitative estimate of drug-likeness (QED) is 0.394. The lowest BCUT2D eigenvalue weighted by molar-refractivity contribution is -0.115. The van der Waals surface area contributed by atoms with Gasteiger partial charge in [0, 0.05) is 23.7 Å². The minimum absolute atomic E-state index is 0.0999. The lowest BCUT2D eigenvalue weighted by Crippen LogP contribution is -2.24. The largest absolute Gasteiger partial charge is 0.341 e. The third-order valence-electron chi connectivity index (χ3n) is 5.29. The summed E-state index contributed by atoms with van der Waals surface area (Å²) in [5.41, 5.74) is 1.84. The van der Waals surface area contributed by atoms with E-state index in [9.17, 15) is 9.59 Å². The van der Waals surface area contributed by atoms with Crippen LogP contribution in [0.25, 0.3) is 5.69 Å². The van der Waals surface area contributed by atoms with E-state index in [4.69, 9.17) is 11.6 Å². The second-order valence-electron chi connectivity index (χ2n) is 7.64. The number of rotatable bonds is 7. The fraction of sp³-hybridized carbons (Fsp3) is 0.304. The maximum atomic E-state index is 12.9. The number of aromatic nitrogens is 3. The lowest BCUT2D eigenvalue weighted by atomic mass is 10.1. The fourth-order valence-corrected chi connectivity index (χ4v) is 4.69. The number of nitrogens with zero attached hydrogens (tertiary/aromatic N) is 4. The van der Waals surface area contributed by atoms with Crippen LogP contribution < -0.4 is 10.2 Å². The molecule has 1 aliphatic heterocycles. The standard InChI is InChI=1S/C23H24ClN5O2S/c1-15(30)19-10-3-4-11-20(19)25-21(31)16(2)32-23-27-26-22(28-12-5-6-13-28)29(23)18-9-7-8-17(24)14-18/h3-4,7-11,14,16H,5-6,12-13H2,1-2H3,(H,25,31). The molecule has 9 heteroatoms. The molecule has 0 bridgehead atoms. The highest BCUT2D eigenvalue weighted by atomic mass is 35.5. The zero-order chi connectivity index (χ0) is 22.7. The third-order valence-corrected chi connectivity index (χ3v) is 6.56. The zero-order valence-corrected chi connectivity index (χ0v) is 19.5. The van der Waals surface area contributed by atoms with Gasteiger partial charge in [-0.1, -0.05) is 41.6 Å². The highest BCUT2D eigenvalue weighted by Gasteiger charge is 2.25. The van der Waals surface area contributed by atoms with Crippen molar-refractivity contribution in [2.24, 2.45) is 0 Å². The normalized spacial score (nSPS) is 14.4. The summed E-state index contributed by atoms with van der Waals surface area (Å²) < 4.78 is 1.95. The second kappa shape index (κ2) is 9.75. The van der Waals surface area contributed by atoms with Crippen molar-refractivity contribution in [2.45, 2.75) is 37.1 Å². The molecule has 4 rings (SSSR count). The number of Topliss-reactive ketones (excluding diaryl/α,β-unsaturated/α-hetero) is 1. The molecule has 7 nitrogen and oxygen atoms in total. The van der Waals surface area contributed by atoms with E-state index in [0.717, 1.165) is 37.6 Å². The monoisotopic (exact) mass is 469 g/mol. The van der Waals surface area contributed by atoms with Crippen LogP contribution in [0, 0.1) is 0 Å². The highest BCUT2D eigenvalue weighted by Crippen LogP contribution is 2.32. The highest BCUT2D eigenvalue weighted by molar-refractivity contribution is 8.00. The summed E-state index contributed by atoms with van der Waals surface area (Å²) in [4.78, 5) is 27.0. The lowest BCUT2D eigenvalue weighted by Gasteiger charge is -2.19. The minimum atomic E-state index is -0.469. The van der Waals surface area contributed by atoms with Gasteiger partial charge in [-0.25, -0.2) is 0 Å². The van der Waals surface area contributed by atoms with Gasteiger partial charge in [0.2, 0.25) is 11.9 Å². The first-order valence-corrected chi connectivity index (χ1v) is 11.7. The fourth-order valence-electron chi connectivity index (χ4n) is 3.65. The number of nitrogens with one attached hydrogen (secondary N) is 1. The van der Waals surface area contributed by atoms with Gasteiger partial charge in [0.15, 0.2) is 10.9 Å². The van der Waals surface area contributed by atoms with Crippen LogP contribution in [-0.4, -0.2) is 44.8 Å². The van der Waals surface area contributed by atoms with Crippen molar-refractivity contribution in [3.05, 3.63) is 59.1 Å². The van der Waals surface area contributed by atoms with Gasteiger partial charge in [0.25, 0.3) is 0 Å². The molecule has 1 saturated heterocycles. The number of ketones is 1. The molecule has 1 amide bonds. The molecule has 0 spiro atoms. The number of halogens is 1. The molecule has 0 radical (unpaired) electrons. The minimum Gasteiger partial charge on any atom is -0.341 e. The Balaban J connectivity index is 1.60. The van der Waals surface area contributed by atoms with Gasteiger partial charge in [0.1, 0.15) is 0 Å². The third kappa shape index (κ3) is 4.81. The number of amides is 1. The van der Waals surface area contributed by atoms with Crippen molar-refractivity contribution in [3.63, 3.8) is 0 Å². The van der Waals surface area contributed by atoms with Crippen LogP contribution in [0.4, 0.5) is 11.6 Å². The molecule has 0 aliphatic carbocycles. The predicted octanol–water partition coefficient (Wildman–Crippen LogP) is 4.84. The van der Waals surface area contributed by atoms with Crippen molar-refractivity contribution in [3.8, 4) is 5.69 Å².